The van der Waals surface area contributed by atoms with Gasteiger partial charge >= 0.3 is 0 Å². The minimum absolute atomic E-state index is 0.333. The highest BCUT2D eigenvalue weighted by atomic mass is 16.3. The Kier molecular flexibility index (Phi) is 4.19. The molecule has 142 valence electrons. The molecule has 0 saturated carbocycles. The third-order valence-electron chi connectivity index (χ3n) is 5.99. The summed E-state index contributed by atoms with van der Waals surface area (Å²) in [5.41, 5.74) is 7.06. The highest BCUT2D eigenvalue weighted by molar-refractivity contribution is 6.10. The number of aromatic amines is 2. The number of ketones is 1. The van der Waals surface area contributed by atoms with Crippen LogP contribution in [0.3, 0.4) is 0 Å². The van der Waals surface area contributed by atoms with Crippen LogP contribution in [0.5, 0.6) is 5.75 Å². The average Bonchev–Trinajstić information content (AvgIpc) is 3.28. The van der Waals surface area contributed by atoms with Gasteiger partial charge in [0.25, 0.3) is 0 Å². The van der Waals surface area contributed by atoms with Crippen molar-refractivity contribution in [1.82, 2.24) is 9.97 Å². The molecule has 0 unspecified atom stereocenters. The van der Waals surface area contributed by atoms with Gasteiger partial charge in [-0.15, -0.1) is 0 Å². The molecule has 0 spiro atoms. The molecule has 2 aromatic heterocycles. The molecule has 4 heteroatoms. The number of aromatic nitrogens is 2. The van der Waals surface area contributed by atoms with Gasteiger partial charge < -0.3 is 15.1 Å². The molecule has 0 amide bonds. The van der Waals surface area contributed by atoms with Gasteiger partial charge in [0.05, 0.1) is 5.52 Å². The minimum atomic E-state index is 0.333. The van der Waals surface area contributed by atoms with E-state index >= 15 is 0 Å². The topological polar surface area (TPSA) is 68.9 Å². The van der Waals surface area contributed by atoms with Gasteiger partial charge in [-0.25, -0.2) is 0 Å². The van der Waals surface area contributed by atoms with Crippen molar-refractivity contribution in [3.63, 3.8) is 0 Å². The number of phenols is 1. The fourth-order valence-electron chi connectivity index (χ4n) is 4.70. The summed E-state index contributed by atoms with van der Waals surface area (Å²) < 4.78 is 0. The molecular formula is C24H24N2O2. The molecule has 0 bridgehead atoms. The first-order chi connectivity index (χ1) is 13.7. The maximum absolute atomic E-state index is 11.8. The molecule has 4 nitrogen and oxygen atoms in total. The van der Waals surface area contributed by atoms with Crippen LogP contribution in [0.4, 0.5) is 0 Å². The van der Waals surface area contributed by atoms with Crippen LogP contribution in [-0.2, 0) is 19.3 Å². The van der Waals surface area contributed by atoms with E-state index in [2.05, 4.69) is 9.97 Å². The predicted molar refractivity (Wildman–Crippen MR) is 112 cm³/mol. The van der Waals surface area contributed by atoms with Crippen molar-refractivity contribution in [2.45, 2.75) is 44.9 Å². The SMILES string of the molecule is O=C1CCCc2[nH]c3c(c21)CCCC3.Oc1cccc2[nH]c3ccccc3c12. The zero-order chi connectivity index (χ0) is 19.1. The molecule has 0 atom stereocenters. The smallest absolute Gasteiger partial charge is 0.164 e. The van der Waals surface area contributed by atoms with E-state index in [1.807, 2.05) is 36.4 Å². The van der Waals surface area contributed by atoms with Crippen molar-refractivity contribution in [3.05, 3.63) is 65.0 Å². The van der Waals surface area contributed by atoms with Crippen LogP contribution < -0.4 is 0 Å². The number of phenolic OH excluding ortho intramolecular Hbond substituents is 1. The van der Waals surface area contributed by atoms with Gasteiger partial charge in [-0.05, 0) is 62.3 Å². The Morgan fingerprint density at radius 3 is 2.46 bits per heavy atom. The van der Waals surface area contributed by atoms with Gasteiger partial charge in [-0.3, -0.25) is 4.79 Å². The summed E-state index contributed by atoms with van der Waals surface area (Å²) in [5, 5.41) is 11.7. The molecule has 0 radical (unpaired) electrons. The lowest BCUT2D eigenvalue weighted by Gasteiger charge is -2.14. The van der Waals surface area contributed by atoms with Crippen LogP contribution in [0.15, 0.2) is 42.5 Å². The number of hydrogen-bond donors (Lipinski definition) is 3. The van der Waals surface area contributed by atoms with Crippen molar-refractivity contribution in [3.8, 4) is 5.75 Å². The van der Waals surface area contributed by atoms with Crippen molar-refractivity contribution >= 4 is 27.6 Å². The van der Waals surface area contributed by atoms with Gasteiger partial charge in [-0.1, -0.05) is 24.3 Å². The molecule has 0 fully saturated rings. The van der Waals surface area contributed by atoms with Crippen molar-refractivity contribution in [1.29, 1.82) is 0 Å². The monoisotopic (exact) mass is 372 g/mol. The second-order valence-electron chi connectivity index (χ2n) is 7.79. The van der Waals surface area contributed by atoms with Crippen LogP contribution in [0.1, 0.15) is 53.0 Å². The maximum atomic E-state index is 11.8. The number of para-hydroxylation sites is 1. The fourth-order valence-corrected chi connectivity index (χ4v) is 4.70. The third kappa shape index (κ3) is 2.80. The van der Waals surface area contributed by atoms with Gasteiger partial charge in [0.2, 0.25) is 0 Å². The molecule has 4 aromatic rings. The number of fused-ring (bicyclic) bond motifs is 6. The average molecular weight is 372 g/mol. The number of nitrogens with one attached hydrogen (secondary N) is 2. The second-order valence-corrected chi connectivity index (χ2v) is 7.79. The van der Waals surface area contributed by atoms with Crippen molar-refractivity contribution in [2.24, 2.45) is 0 Å². The van der Waals surface area contributed by atoms with Gasteiger partial charge in [0.1, 0.15) is 5.75 Å². The summed E-state index contributed by atoms with van der Waals surface area (Å²) in [4.78, 5) is 18.5. The summed E-state index contributed by atoms with van der Waals surface area (Å²) in [6.07, 6.45) is 7.67. The highest BCUT2D eigenvalue weighted by Crippen LogP contribution is 2.32. The Labute approximate surface area is 163 Å². The standard InChI is InChI=1S/C12H15NO.C12H9NO/c2*14-11-7-3-6-10-12(11)8-4-1-2-5-9(8)13-10/h13H,1-7H2;1-7,13-14H. The number of aryl methyl sites for hydroxylation is 2. The van der Waals surface area contributed by atoms with E-state index in [9.17, 15) is 9.90 Å². The lowest BCUT2D eigenvalue weighted by molar-refractivity contribution is 0.0971. The molecule has 0 saturated heterocycles. The van der Waals surface area contributed by atoms with E-state index in [0.717, 1.165) is 59.5 Å². The highest BCUT2D eigenvalue weighted by Gasteiger charge is 2.26. The van der Waals surface area contributed by atoms with Crippen LogP contribution >= 0.6 is 0 Å². The molecule has 0 aliphatic heterocycles. The number of carbonyl (C=O) groups excluding carboxylic acids is 1. The molecule has 2 aliphatic rings. The summed E-state index contributed by atoms with van der Waals surface area (Å²) in [6, 6.07) is 13.5. The Hall–Kier alpha value is -3.01. The number of carbonyl (C=O) groups is 1. The summed E-state index contributed by atoms with van der Waals surface area (Å²) in [7, 11) is 0. The van der Waals surface area contributed by atoms with Crippen molar-refractivity contribution < 1.29 is 9.90 Å². The number of H-pyrrole nitrogens is 2. The normalized spacial score (nSPS) is 15.8. The van der Waals surface area contributed by atoms with Crippen molar-refractivity contribution in [2.75, 3.05) is 0 Å². The quantitative estimate of drug-likeness (QED) is 0.385. The minimum Gasteiger partial charge on any atom is -0.507 e. The Morgan fingerprint density at radius 2 is 1.54 bits per heavy atom. The number of hydrogen-bond acceptors (Lipinski definition) is 2. The molecule has 2 heterocycles. The zero-order valence-corrected chi connectivity index (χ0v) is 15.8. The fraction of sp³-hybridized carbons (Fsp3) is 0.292. The third-order valence-corrected chi connectivity index (χ3v) is 5.99. The lowest BCUT2D eigenvalue weighted by Crippen LogP contribution is -2.11. The maximum Gasteiger partial charge on any atom is 0.164 e. The zero-order valence-electron chi connectivity index (χ0n) is 15.8. The van der Waals surface area contributed by atoms with E-state index in [0.29, 0.717) is 11.5 Å². The largest absolute Gasteiger partial charge is 0.507 e. The second kappa shape index (κ2) is 6.86. The molecule has 3 N–H and O–H groups in total. The van der Waals surface area contributed by atoms with Crippen LogP contribution in [0, 0.1) is 0 Å². The summed E-state index contributed by atoms with van der Waals surface area (Å²) in [6.45, 7) is 0. The van der Waals surface area contributed by atoms with Gasteiger partial charge in [0, 0.05) is 39.7 Å². The van der Waals surface area contributed by atoms with E-state index < -0.39 is 0 Å². The number of Topliss-reactive ketones (excluding diaryl/α,β-unsaturated/α-hetero) is 1. The number of benzene rings is 2. The molecule has 2 aliphatic carbocycles. The molecule has 2 aromatic carbocycles. The van der Waals surface area contributed by atoms with E-state index in [1.165, 1.54) is 29.8 Å². The Balaban J connectivity index is 0.000000122. The Morgan fingerprint density at radius 1 is 0.750 bits per heavy atom. The molecular weight excluding hydrogens is 348 g/mol. The summed E-state index contributed by atoms with van der Waals surface area (Å²) >= 11 is 0. The van der Waals surface area contributed by atoms with Gasteiger partial charge in [-0.2, -0.15) is 0 Å². The van der Waals surface area contributed by atoms with Crippen LogP contribution in [0.25, 0.3) is 21.8 Å². The Bertz CT molecular complexity index is 1180. The van der Waals surface area contributed by atoms with E-state index in [4.69, 9.17) is 0 Å². The lowest BCUT2D eigenvalue weighted by atomic mass is 9.88. The van der Waals surface area contributed by atoms with Gasteiger partial charge in [0.15, 0.2) is 5.78 Å². The van der Waals surface area contributed by atoms with E-state index in [1.54, 1.807) is 6.07 Å². The van der Waals surface area contributed by atoms with E-state index in [-0.39, 0.29) is 0 Å². The number of aromatic hydroxyl groups is 1. The summed E-state index contributed by atoms with van der Waals surface area (Å²) in [5.74, 6) is 0.714. The predicted octanol–water partition coefficient (Wildman–Crippen LogP) is 5.44. The number of rotatable bonds is 0. The first-order valence-corrected chi connectivity index (χ1v) is 10.2. The van der Waals surface area contributed by atoms with Crippen LogP contribution in [0.2, 0.25) is 0 Å². The van der Waals surface area contributed by atoms with Crippen LogP contribution in [-0.4, -0.2) is 20.9 Å². The molecule has 28 heavy (non-hydrogen) atoms. The first kappa shape index (κ1) is 17.1. The first-order valence-electron chi connectivity index (χ1n) is 10.2. The molecule has 6 rings (SSSR count).